The maximum atomic E-state index is 13.4. The van der Waals surface area contributed by atoms with Crippen molar-refractivity contribution in [2.75, 3.05) is 13.2 Å². The van der Waals surface area contributed by atoms with Gasteiger partial charge in [-0.25, -0.2) is 4.79 Å². The molecule has 2 heterocycles. The fourth-order valence-electron chi connectivity index (χ4n) is 4.80. The Labute approximate surface area is 226 Å². The molecule has 2 fully saturated rings. The van der Waals surface area contributed by atoms with Crippen molar-refractivity contribution in [3.8, 4) is 0 Å². The number of carbonyl (C=O) groups is 3. The van der Waals surface area contributed by atoms with Gasteiger partial charge < -0.3 is 29.6 Å². The second-order valence-electron chi connectivity index (χ2n) is 9.43. The smallest absolute Gasteiger partial charge is 0.338 e. The number of amides is 2. The minimum atomic E-state index is -0.979. The molecule has 2 amide bonds. The van der Waals surface area contributed by atoms with Gasteiger partial charge in [0.1, 0.15) is 18.3 Å². The Morgan fingerprint density at radius 2 is 1.46 bits per heavy atom. The molecule has 6 atom stereocenters. The molecule has 2 N–H and O–H groups in total. The van der Waals surface area contributed by atoms with Crippen molar-refractivity contribution in [1.82, 2.24) is 10.6 Å². The number of rotatable bonds is 7. The monoisotopic (exact) mass is 530 g/mol. The highest BCUT2D eigenvalue weighted by Gasteiger charge is 2.52. The highest BCUT2D eigenvalue weighted by atomic mass is 16.7. The van der Waals surface area contributed by atoms with Crippen molar-refractivity contribution in [2.45, 2.75) is 43.7 Å². The van der Waals surface area contributed by atoms with Crippen LogP contribution in [0.25, 0.3) is 0 Å². The van der Waals surface area contributed by atoms with Crippen molar-refractivity contribution in [3.63, 3.8) is 0 Å². The lowest BCUT2D eigenvalue weighted by molar-refractivity contribution is -0.307. The van der Waals surface area contributed by atoms with Gasteiger partial charge >= 0.3 is 5.97 Å². The minimum absolute atomic E-state index is 0.0606. The number of fused-ring (bicyclic) bond motifs is 1. The molecule has 3 aromatic carbocycles. The van der Waals surface area contributed by atoms with Gasteiger partial charge in [-0.1, -0.05) is 66.7 Å². The molecule has 3 aromatic rings. The van der Waals surface area contributed by atoms with E-state index in [9.17, 15) is 14.4 Å². The zero-order valence-corrected chi connectivity index (χ0v) is 21.4. The molecule has 1 unspecified atom stereocenters. The van der Waals surface area contributed by atoms with Gasteiger partial charge in [0.2, 0.25) is 5.91 Å². The summed E-state index contributed by atoms with van der Waals surface area (Å²) >= 11 is 0. The van der Waals surface area contributed by atoms with E-state index >= 15 is 0 Å². The van der Waals surface area contributed by atoms with Crippen LogP contribution in [0.2, 0.25) is 0 Å². The third-order valence-corrected chi connectivity index (χ3v) is 6.69. The Bertz CT molecular complexity index is 1270. The molecule has 0 spiro atoms. The molecule has 0 radical (unpaired) electrons. The summed E-state index contributed by atoms with van der Waals surface area (Å²) in [5, 5.41) is 5.79. The van der Waals surface area contributed by atoms with Crippen molar-refractivity contribution < 1.29 is 33.3 Å². The SMILES string of the molecule is CC(=O)NC[C@@H]1O[C@@H]2COC(c3ccccc3)O[C@H]2[C@@H](NC(=O)c2ccccc2)[C@@H]1OC(=O)c1ccccc1. The van der Waals surface area contributed by atoms with Crippen LogP contribution in [0.3, 0.4) is 0 Å². The lowest BCUT2D eigenvalue weighted by Gasteiger charge is -2.49. The molecular formula is C30H30N2O7. The highest BCUT2D eigenvalue weighted by Crippen LogP contribution is 2.35. The maximum absolute atomic E-state index is 13.4. The number of carbonyl (C=O) groups excluding carboxylic acids is 3. The summed E-state index contributed by atoms with van der Waals surface area (Å²) in [5.41, 5.74) is 1.60. The van der Waals surface area contributed by atoms with E-state index in [-0.39, 0.29) is 25.0 Å². The quantitative estimate of drug-likeness (QED) is 0.452. The summed E-state index contributed by atoms with van der Waals surface area (Å²) < 4.78 is 24.7. The van der Waals surface area contributed by atoms with Crippen LogP contribution in [0.5, 0.6) is 0 Å². The van der Waals surface area contributed by atoms with Gasteiger partial charge in [-0.15, -0.1) is 0 Å². The third-order valence-electron chi connectivity index (χ3n) is 6.69. The van der Waals surface area contributed by atoms with Gasteiger partial charge in [0.25, 0.3) is 5.91 Å². The number of ether oxygens (including phenoxy) is 4. The van der Waals surface area contributed by atoms with E-state index in [0.717, 1.165) is 5.56 Å². The number of hydrogen-bond acceptors (Lipinski definition) is 7. The second-order valence-corrected chi connectivity index (χ2v) is 9.43. The van der Waals surface area contributed by atoms with Crippen molar-refractivity contribution in [1.29, 1.82) is 0 Å². The topological polar surface area (TPSA) is 112 Å². The van der Waals surface area contributed by atoms with Gasteiger partial charge in [-0.3, -0.25) is 9.59 Å². The van der Waals surface area contributed by atoms with E-state index in [0.29, 0.717) is 11.1 Å². The predicted molar refractivity (Wildman–Crippen MR) is 141 cm³/mol. The van der Waals surface area contributed by atoms with E-state index in [4.69, 9.17) is 18.9 Å². The van der Waals surface area contributed by atoms with Crippen molar-refractivity contribution >= 4 is 17.8 Å². The number of hydrogen-bond donors (Lipinski definition) is 2. The number of benzene rings is 3. The highest BCUT2D eigenvalue weighted by molar-refractivity contribution is 5.94. The predicted octanol–water partition coefficient (Wildman–Crippen LogP) is 3.03. The first-order valence-electron chi connectivity index (χ1n) is 12.8. The van der Waals surface area contributed by atoms with Crippen LogP contribution >= 0.6 is 0 Å². The normalized spacial score (nSPS) is 26.1. The van der Waals surface area contributed by atoms with E-state index in [1.807, 2.05) is 36.4 Å². The van der Waals surface area contributed by atoms with Crippen molar-refractivity contribution in [3.05, 3.63) is 108 Å². The standard InChI is InChI=1S/C30H30N2O7/c1-19(33)31-17-23-26(38-29(35)21-13-7-3-8-14-21)25(32-28(34)20-11-5-2-6-12-20)27-24(37-23)18-36-30(39-27)22-15-9-4-10-16-22/h2-16,23-27,30H,17-18H2,1H3,(H,31,33)(H,32,34)/t23-,24+,25-,26+,27+,30?/m0/s1. The Kier molecular flexibility index (Phi) is 8.31. The van der Waals surface area contributed by atoms with Crippen LogP contribution in [-0.4, -0.2) is 61.4 Å². The third kappa shape index (κ3) is 6.34. The van der Waals surface area contributed by atoms with Crippen LogP contribution in [0.15, 0.2) is 91.0 Å². The van der Waals surface area contributed by atoms with Gasteiger partial charge in [0.05, 0.1) is 18.2 Å². The molecule has 39 heavy (non-hydrogen) atoms. The second kappa shape index (κ2) is 12.2. The Morgan fingerprint density at radius 1 is 0.846 bits per heavy atom. The van der Waals surface area contributed by atoms with Crippen LogP contribution in [0, 0.1) is 0 Å². The summed E-state index contributed by atoms with van der Waals surface area (Å²) in [7, 11) is 0. The lowest BCUT2D eigenvalue weighted by atomic mass is 9.90. The summed E-state index contributed by atoms with van der Waals surface area (Å²) in [6, 6.07) is 25.9. The van der Waals surface area contributed by atoms with E-state index in [2.05, 4.69) is 10.6 Å². The van der Waals surface area contributed by atoms with Crippen LogP contribution in [0.4, 0.5) is 0 Å². The van der Waals surface area contributed by atoms with Gasteiger partial charge in [-0.05, 0) is 24.3 Å². The summed E-state index contributed by atoms with van der Waals surface area (Å²) in [6.07, 6.45) is -3.75. The molecule has 9 heteroatoms. The van der Waals surface area contributed by atoms with Gasteiger partial charge in [0.15, 0.2) is 12.4 Å². The zero-order valence-electron chi connectivity index (χ0n) is 21.4. The van der Waals surface area contributed by atoms with Gasteiger partial charge in [0, 0.05) is 24.6 Å². The first kappa shape index (κ1) is 26.6. The minimum Gasteiger partial charge on any atom is -0.454 e. The molecule has 0 saturated carbocycles. The van der Waals surface area contributed by atoms with E-state index in [1.165, 1.54) is 6.92 Å². The summed E-state index contributed by atoms with van der Waals surface area (Å²) in [5.74, 6) is -1.20. The lowest BCUT2D eigenvalue weighted by Crippen LogP contribution is -2.69. The number of nitrogens with one attached hydrogen (secondary N) is 2. The fraction of sp³-hybridized carbons (Fsp3) is 0.300. The maximum Gasteiger partial charge on any atom is 0.338 e. The molecule has 9 nitrogen and oxygen atoms in total. The molecule has 202 valence electrons. The summed E-state index contributed by atoms with van der Waals surface area (Å²) in [4.78, 5) is 38.3. The number of esters is 1. The average molecular weight is 531 g/mol. The van der Waals surface area contributed by atoms with E-state index in [1.54, 1.807) is 54.6 Å². The Morgan fingerprint density at radius 3 is 2.10 bits per heavy atom. The molecule has 2 aliphatic rings. The largest absolute Gasteiger partial charge is 0.454 e. The molecule has 2 saturated heterocycles. The molecule has 0 aromatic heterocycles. The first-order chi connectivity index (χ1) is 19.0. The average Bonchev–Trinajstić information content (AvgIpc) is 2.98. The van der Waals surface area contributed by atoms with Gasteiger partial charge in [-0.2, -0.15) is 0 Å². The van der Waals surface area contributed by atoms with Crippen LogP contribution in [0.1, 0.15) is 39.5 Å². The Balaban J connectivity index is 1.48. The molecule has 5 rings (SSSR count). The zero-order chi connectivity index (χ0) is 27.2. The fourth-order valence-corrected chi connectivity index (χ4v) is 4.80. The Hall–Kier alpha value is -4.05. The molecule has 2 aliphatic heterocycles. The molecule has 0 aliphatic carbocycles. The first-order valence-corrected chi connectivity index (χ1v) is 12.8. The summed E-state index contributed by atoms with van der Waals surface area (Å²) in [6.45, 7) is 1.63. The molecule has 0 bridgehead atoms. The van der Waals surface area contributed by atoms with Crippen LogP contribution in [-0.2, 0) is 23.7 Å². The van der Waals surface area contributed by atoms with E-state index < -0.39 is 42.7 Å². The molecular weight excluding hydrogens is 500 g/mol. The van der Waals surface area contributed by atoms with Crippen LogP contribution < -0.4 is 10.6 Å². The van der Waals surface area contributed by atoms with Crippen molar-refractivity contribution in [2.24, 2.45) is 0 Å².